The highest BCUT2D eigenvalue weighted by molar-refractivity contribution is 5.65. The zero-order valence-electron chi connectivity index (χ0n) is 8.03. The van der Waals surface area contributed by atoms with Crippen molar-refractivity contribution >= 4 is 5.97 Å². The molecule has 0 saturated carbocycles. The van der Waals surface area contributed by atoms with Gasteiger partial charge in [0.2, 0.25) is 0 Å². The smallest absolute Gasteiger partial charge is 0.119 e. The Hall–Kier alpha value is -1.55. The summed E-state index contributed by atoms with van der Waals surface area (Å²) in [6.45, 7) is 0. The number of hydrogen-bond donors (Lipinski definition) is 1. The largest absolute Gasteiger partial charge is 0.550 e. The predicted molar refractivity (Wildman–Crippen MR) is 48.2 cm³/mol. The van der Waals surface area contributed by atoms with Crippen molar-refractivity contribution in [3.05, 3.63) is 29.8 Å². The van der Waals surface area contributed by atoms with Gasteiger partial charge in [0.1, 0.15) is 11.8 Å². The summed E-state index contributed by atoms with van der Waals surface area (Å²) in [6, 6.07) is 6.91. The number of carboxylic acids is 1. The highest BCUT2D eigenvalue weighted by Crippen LogP contribution is 2.17. The summed E-state index contributed by atoms with van der Waals surface area (Å²) in [7, 11) is 1.57. The lowest BCUT2D eigenvalue weighted by atomic mass is 10.0. The molecule has 1 aromatic carbocycles. The number of methoxy groups -OCH3 is 1. The molecule has 0 heterocycles. The molecule has 0 amide bonds. The maximum absolute atomic E-state index is 10.4. The van der Waals surface area contributed by atoms with Gasteiger partial charge in [0.15, 0.2) is 0 Å². The van der Waals surface area contributed by atoms with Crippen LogP contribution in [-0.4, -0.2) is 13.1 Å². The number of hydrogen-bond acceptors (Lipinski definition) is 3. The van der Waals surface area contributed by atoms with Gasteiger partial charge in [-0.25, -0.2) is 0 Å². The number of benzene rings is 1. The van der Waals surface area contributed by atoms with Crippen LogP contribution in [0.2, 0.25) is 0 Å². The molecular weight excluding hydrogens is 182 g/mol. The highest BCUT2D eigenvalue weighted by atomic mass is 16.5. The Labute approximate surface area is 82.3 Å². The van der Waals surface area contributed by atoms with Gasteiger partial charge in [0.25, 0.3) is 0 Å². The fraction of sp³-hybridized carbons (Fsp3) is 0.300. The Morgan fingerprint density at radius 1 is 1.64 bits per heavy atom. The van der Waals surface area contributed by atoms with Gasteiger partial charge in [-0.05, 0) is 12.1 Å². The highest BCUT2D eigenvalue weighted by Gasteiger charge is 2.10. The second kappa shape index (κ2) is 4.62. The van der Waals surface area contributed by atoms with Crippen LogP contribution in [0, 0.1) is 0 Å². The van der Waals surface area contributed by atoms with E-state index in [-0.39, 0.29) is 12.5 Å². The van der Waals surface area contributed by atoms with Crippen LogP contribution in [-0.2, 0) is 4.79 Å². The van der Waals surface area contributed by atoms with E-state index in [0.29, 0.717) is 5.75 Å². The normalized spacial score (nSPS) is 12.1. The van der Waals surface area contributed by atoms with Gasteiger partial charge in [0, 0.05) is 18.0 Å². The summed E-state index contributed by atoms with van der Waals surface area (Å²) in [6.07, 6.45) is -0.0762. The first-order valence-electron chi connectivity index (χ1n) is 4.30. The molecule has 0 fully saturated rings. The average molecular weight is 195 g/mol. The summed E-state index contributed by atoms with van der Waals surface area (Å²) in [5.74, 6) is -0.387. The van der Waals surface area contributed by atoms with E-state index < -0.39 is 5.97 Å². The van der Waals surface area contributed by atoms with E-state index in [1.54, 1.807) is 19.2 Å². The number of quaternary nitrogens is 1. The van der Waals surface area contributed by atoms with E-state index in [9.17, 15) is 9.90 Å². The van der Waals surface area contributed by atoms with Crippen LogP contribution in [0.15, 0.2) is 24.3 Å². The first kappa shape index (κ1) is 10.5. The summed E-state index contributed by atoms with van der Waals surface area (Å²) in [5.41, 5.74) is 4.59. The fourth-order valence-electron chi connectivity index (χ4n) is 1.21. The van der Waals surface area contributed by atoms with Crippen molar-refractivity contribution in [1.29, 1.82) is 0 Å². The van der Waals surface area contributed by atoms with Gasteiger partial charge in [0.05, 0.1) is 7.11 Å². The SMILES string of the molecule is COc1cccc([C@H]([NH3+])CC(=O)[O-])c1. The lowest BCUT2D eigenvalue weighted by molar-refractivity contribution is -0.430. The molecule has 0 aliphatic rings. The Bertz CT molecular complexity index is 325. The number of aliphatic carboxylic acids is 1. The second-order valence-corrected chi connectivity index (χ2v) is 3.05. The molecule has 1 atom stereocenters. The molecule has 1 rings (SSSR count). The molecule has 1 aromatic rings. The molecule has 0 bridgehead atoms. The van der Waals surface area contributed by atoms with Crippen LogP contribution in [0.1, 0.15) is 18.0 Å². The van der Waals surface area contributed by atoms with Crippen molar-refractivity contribution in [1.82, 2.24) is 0 Å². The van der Waals surface area contributed by atoms with Crippen molar-refractivity contribution in [2.24, 2.45) is 0 Å². The second-order valence-electron chi connectivity index (χ2n) is 3.05. The average Bonchev–Trinajstić information content (AvgIpc) is 2.17. The Morgan fingerprint density at radius 2 is 2.36 bits per heavy atom. The third-order valence-electron chi connectivity index (χ3n) is 1.98. The van der Waals surface area contributed by atoms with E-state index in [4.69, 9.17) is 4.74 Å². The van der Waals surface area contributed by atoms with Crippen LogP contribution in [0.3, 0.4) is 0 Å². The maximum atomic E-state index is 10.4. The Morgan fingerprint density at radius 3 is 2.93 bits per heavy atom. The minimum atomic E-state index is -1.09. The van der Waals surface area contributed by atoms with E-state index in [0.717, 1.165) is 5.56 Å². The minimum absolute atomic E-state index is 0.0762. The third-order valence-corrected chi connectivity index (χ3v) is 1.98. The number of rotatable bonds is 4. The van der Waals surface area contributed by atoms with E-state index in [2.05, 4.69) is 5.73 Å². The molecule has 0 aliphatic carbocycles. The summed E-state index contributed by atoms with van der Waals surface area (Å²) in [4.78, 5) is 10.4. The zero-order valence-corrected chi connectivity index (χ0v) is 8.03. The van der Waals surface area contributed by atoms with Crippen molar-refractivity contribution in [3.63, 3.8) is 0 Å². The molecule has 4 heteroatoms. The van der Waals surface area contributed by atoms with Crippen LogP contribution in [0.4, 0.5) is 0 Å². The number of ether oxygens (including phenoxy) is 1. The van der Waals surface area contributed by atoms with Crippen molar-refractivity contribution in [2.45, 2.75) is 12.5 Å². The van der Waals surface area contributed by atoms with Crippen molar-refractivity contribution in [3.8, 4) is 5.75 Å². The van der Waals surface area contributed by atoms with E-state index >= 15 is 0 Å². The molecule has 76 valence electrons. The quantitative estimate of drug-likeness (QED) is 0.677. The molecule has 0 aromatic heterocycles. The molecule has 0 aliphatic heterocycles. The van der Waals surface area contributed by atoms with Gasteiger partial charge >= 0.3 is 0 Å². The summed E-state index contributed by atoms with van der Waals surface area (Å²) in [5, 5.41) is 10.4. The van der Waals surface area contributed by atoms with Gasteiger partial charge in [-0.3, -0.25) is 0 Å². The van der Waals surface area contributed by atoms with E-state index in [1.807, 2.05) is 12.1 Å². The van der Waals surface area contributed by atoms with Crippen molar-refractivity contribution < 1.29 is 20.4 Å². The predicted octanol–water partition coefficient (Wildman–Crippen LogP) is -0.882. The number of carbonyl (C=O) groups excluding carboxylic acids is 1. The molecule has 0 unspecified atom stereocenters. The number of carbonyl (C=O) groups is 1. The van der Waals surface area contributed by atoms with Crippen LogP contribution in [0.5, 0.6) is 5.75 Å². The van der Waals surface area contributed by atoms with Gasteiger partial charge in [-0.15, -0.1) is 0 Å². The first-order valence-corrected chi connectivity index (χ1v) is 4.30. The van der Waals surface area contributed by atoms with Crippen molar-refractivity contribution in [2.75, 3.05) is 7.11 Å². The van der Waals surface area contributed by atoms with Gasteiger partial charge < -0.3 is 20.4 Å². The van der Waals surface area contributed by atoms with E-state index in [1.165, 1.54) is 0 Å². The number of carboxylic acid groups (broad SMARTS) is 1. The lowest BCUT2D eigenvalue weighted by Gasteiger charge is -2.10. The molecule has 14 heavy (non-hydrogen) atoms. The molecule has 0 spiro atoms. The topological polar surface area (TPSA) is 77.0 Å². The third kappa shape index (κ3) is 2.74. The summed E-state index contributed by atoms with van der Waals surface area (Å²) >= 11 is 0. The fourth-order valence-corrected chi connectivity index (χ4v) is 1.21. The standard InChI is InChI=1S/C10H13NO3/c1-14-8-4-2-3-7(5-8)9(11)6-10(12)13/h2-5,9H,6,11H2,1H3,(H,12,13)/t9-/m1/s1. The lowest BCUT2D eigenvalue weighted by Crippen LogP contribution is -2.55. The molecule has 4 nitrogen and oxygen atoms in total. The Balaban J connectivity index is 2.78. The maximum Gasteiger partial charge on any atom is 0.119 e. The molecule has 0 radical (unpaired) electrons. The van der Waals surface area contributed by atoms with Crippen LogP contribution in [0.25, 0.3) is 0 Å². The molecular formula is C10H13NO3. The van der Waals surface area contributed by atoms with Gasteiger partial charge in [-0.1, -0.05) is 12.1 Å². The Kier molecular flexibility index (Phi) is 3.48. The van der Waals surface area contributed by atoms with Crippen LogP contribution >= 0.6 is 0 Å². The van der Waals surface area contributed by atoms with Gasteiger partial charge in [-0.2, -0.15) is 0 Å². The van der Waals surface area contributed by atoms with Crippen LogP contribution < -0.4 is 15.6 Å². The monoisotopic (exact) mass is 195 g/mol. The zero-order chi connectivity index (χ0) is 10.6. The molecule has 3 N–H and O–H groups in total. The minimum Gasteiger partial charge on any atom is -0.550 e. The first-order chi connectivity index (χ1) is 6.63. The molecule has 0 saturated heterocycles. The summed E-state index contributed by atoms with van der Waals surface area (Å²) < 4.78 is 5.02.